The fourth-order valence-corrected chi connectivity index (χ4v) is 1.50. The van der Waals surface area contributed by atoms with Crippen LogP contribution in [-0.4, -0.2) is 26.2 Å². The summed E-state index contributed by atoms with van der Waals surface area (Å²) in [5, 5.41) is 2.84. The van der Waals surface area contributed by atoms with E-state index in [1.807, 2.05) is 0 Å². The quantitative estimate of drug-likeness (QED) is 0.802. The first-order valence-corrected chi connectivity index (χ1v) is 5.83. The standard InChI is InChI=1S/C13H19FN2O2/c1-9(7-15)13(17)16-12(8-18-2)10-3-5-11(14)6-4-10/h3-6,9,12H,7-8,15H2,1-2H3,(H,16,17). The lowest BCUT2D eigenvalue weighted by atomic mass is 10.1. The van der Waals surface area contributed by atoms with Crippen molar-refractivity contribution >= 4 is 5.91 Å². The van der Waals surface area contributed by atoms with Crippen LogP contribution in [0.1, 0.15) is 18.5 Å². The number of hydrogen-bond donors (Lipinski definition) is 2. The molecule has 0 bridgehead atoms. The van der Waals surface area contributed by atoms with Gasteiger partial charge < -0.3 is 15.8 Å². The van der Waals surface area contributed by atoms with E-state index in [2.05, 4.69) is 5.32 Å². The maximum atomic E-state index is 12.8. The first-order chi connectivity index (χ1) is 8.58. The summed E-state index contributed by atoms with van der Waals surface area (Å²) < 4.78 is 17.9. The van der Waals surface area contributed by atoms with Crippen molar-refractivity contribution in [3.8, 4) is 0 Å². The molecule has 2 unspecified atom stereocenters. The zero-order chi connectivity index (χ0) is 13.5. The molecule has 1 aromatic rings. The normalized spacial score (nSPS) is 14.0. The minimum absolute atomic E-state index is 0.135. The number of amides is 1. The summed E-state index contributed by atoms with van der Waals surface area (Å²) in [6.07, 6.45) is 0. The summed E-state index contributed by atoms with van der Waals surface area (Å²) in [5.74, 6) is -0.703. The second-order valence-corrected chi connectivity index (χ2v) is 4.20. The molecule has 1 aromatic carbocycles. The van der Waals surface area contributed by atoms with E-state index in [1.54, 1.807) is 26.2 Å². The van der Waals surface area contributed by atoms with E-state index in [1.165, 1.54) is 12.1 Å². The van der Waals surface area contributed by atoms with Crippen LogP contribution in [0.5, 0.6) is 0 Å². The van der Waals surface area contributed by atoms with Crippen molar-refractivity contribution in [1.29, 1.82) is 0 Å². The van der Waals surface area contributed by atoms with E-state index in [0.717, 1.165) is 5.56 Å². The van der Waals surface area contributed by atoms with Crippen molar-refractivity contribution in [2.45, 2.75) is 13.0 Å². The minimum Gasteiger partial charge on any atom is -0.382 e. The van der Waals surface area contributed by atoms with Crippen LogP contribution in [0.3, 0.4) is 0 Å². The molecule has 0 saturated carbocycles. The molecule has 0 radical (unpaired) electrons. The number of hydrogen-bond acceptors (Lipinski definition) is 3. The Morgan fingerprint density at radius 2 is 2.06 bits per heavy atom. The lowest BCUT2D eigenvalue weighted by Crippen LogP contribution is -2.37. The average Bonchev–Trinajstić information content (AvgIpc) is 2.38. The van der Waals surface area contributed by atoms with Crippen molar-refractivity contribution in [2.75, 3.05) is 20.3 Å². The van der Waals surface area contributed by atoms with Crippen LogP contribution in [-0.2, 0) is 9.53 Å². The summed E-state index contributed by atoms with van der Waals surface area (Å²) in [5.41, 5.74) is 6.24. The highest BCUT2D eigenvalue weighted by atomic mass is 19.1. The molecule has 0 aliphatic rings. The Bertz CT molecular complexity index is 381. The molecule has 18 heavy (non-hydrogen) atoms. The zero-order valence-electron chi connectivity index (χ0n) is 10.7. The average molecular weight is 254 g/mol. The Labute approximate surface area is 106 Å². The van der Waals surface area contributed by atoms with Gasteiger partial charge in [0, 0.05) is 19.6 Å². The van der Waals surface area contributed by atoms with Crippen molar-refractivity contribution in [2.24, 2.45) is 11.7 Å². The highest BCUT2D eigenvalue weighted by Crippen LogP contribution is 2.14. The van der Waals surface area contributed by atoms with E-state index < -0.39 is 0 Å². The van der Waals surface area contributed by atoms with Crippen LogP contribution < -0.4 is 11.1 Å². The molecule has 0 spiro atoms. The Balaban J connectivity index is 2.76. The van der Waals surface area contributed by atoms with Gasteiger partial charge in [-0.25, -0.2) is 4.39 Å². The zero-order valence-corrected chi connectivity index (χ0v) is 10.7. The van der Waals surface area contributed by atoms with E-state index in [-0.39, 0.29) is 30.2 Å². The van der Waals surface area contributed by atoms with Crippen molar-refractivity contribution in [3.63, 3.8) is 0 Å². The molecule has 100 valence electrons. The predicted octanol–water partition coefficient (Wildman–Crippen LogP) is 1.22. The molecule has 2 atom stereocenters. The van der Waals surface area contributed by atoms with Crippen LogP contribution >= 0.6 is 0 Å². The van der Waals surface area contributed by atoms with Crippen LogP contribution in [0.25, 0.3) is 0 Å². The maximum absolute atomic E-state index is 12.8. The number of halogens is 1. The maximum Gasteiger partial charge on any atom is 0.224 e. The summed E-state index contributed by atoms with van der Waals surface area (Å²) in [7, 11) is 1.55. The fraction of sp³-hybridized carbons (Fsp3) is 0.462. The summed E-state index contributed by atoms with van der Waals surface area (Å²) in [6.45, 7) is 2.37. The molecule has 0 aromatic heterocycles. The lowest BCUT2D eigenvalue weighted by molar-refractivity contribution is -0.125. The molecule has 0 aliphatic carbocycles. The first kappa shape index (κ1) is 14.6. The smallest absolute Gasteiger partial charge is 0.224 e. The van der Waals surface area contributed by atoms with Gasteiger partial charge in [0.2, 0.25) is 5.91 Å². The predicted molar refractivity (Wildman–Crippen MR) is 67.4 cm³/mol. The van der Waals surface area contributed by atoms with Crippen LogP contribution in [0.15, 0.2) is 24.3 Å². The molecule has 1 amide bonds. The van der Waals surface area contributed by atoms with Gasteiger partial charge in [-0.1, -0.05) is 19.1 Å². The second kappa shape index (κ2) is 7.08. The summed E-state index contributed by atoms with van der Waals surface area (Å²) >= 11 is 0. The number of nitrogens with one attached hydrogen (secondary N) is 1. The van der Waals surface area contributed by atoms with Gasteiger partial charge >= 0.3 is 0 Å². The Morgan fingerprint density at radius 3 is 2.56 bits per heavy atom. The Morgan fingerprint density at radius 1 is 1.44 bits per heavy atom. The SMILES string of the molecule is COCC(NC(=O)C(C)CN)c1ccc(F)cc1. The van der Waals surface area contributed by atoms with Gasteiger partial charge in [-0.15, -0.1) is 0 Å². The molecule has 0 fully saturated rings. The van der Waals surface area contributed by atoms with E-state index in [4.69, 9.17) is 10.5 Å². The number of methoxy groups -OCH3 is 1. The van der Waals surface area contributed by atoms with Crippen LogP contribution in [0.4, 0.5) is 4.39 Å². The minimum atomic E-state index is -0.309. The Hall–Kier alpha value is -1.46. The van der Waals surface area contributed by atoms with Gasteiger partial charge in [0.15, 0.2) is 0 Å². The molecule has 0 saturated heterocycles. The van der Waals surface area contributed by atoms with Crippen molar-refractivity contribution in [3.05, 3.63) is 35.6 Å². The monoisotopic (exact) mass is 254 g/mol. The summed E-state index contributed by atoms with van der Waals surface area (Å²) in [4.78, 5) is 11.8. The topological polar surface area (TPSA) is 64.3 Å². The molecular weight excluding hydrogens is 235 g/mol. The van der Waals surface area contributed by atoms with Gasteiger partial charge in [-0.05, 0) is 17.7 Å². The number of rotatable bonds is 6. The van der Waals surface area contributed by atoms with Crippen molar-refractivity contribution < 1.29 is 13.9 Å². The number of nitrogens with two attached hydrogens (primary N) is 1. The second-order valence-electron chi connectivity index (χ2n) is 4.20. The summed E-state index contributed by atoms with van der Waals surface area (Å²) in [6, 6.07) is 5.68. The highest BCUT2D eigenvalue weighted by molar-refractivity contribution is 5.79. The first-order valence-electron chi connectivity index (χ1n) is 5.83. The molecule has 4 nitrogen and oxygen atoms in total. The fourth-order valence-electron chi connectivity index (χ4n) is 1.50. The molecule has 0 aliphatic heterocycles. The lowest BCUT2D eigenvalue weighted by Gasteiger charge is -2.20. The van der Waals surface area contributed by atoms with Gasteiger partial charge in [-0.3, -0.25) is 4.79 Å². The van der Waals surface area contributed by atoms with Gasteiger partial charge in [0.05, 0.1) is 12.6 Å². The van der Waals surface area contributed by atoms with Gasteiger partial charge in [0.1, 0.15) is 5.82 Å². The van der Waals surface area contributed by atoms with E-state index >= 15 is 0 Å². The van der Waals surface area contributed by atoms with Crippen LogP contribution in [0.2, 0.25) is 0 Å². The largest absolute Gasteiger partial charge is 0.382 e. The molecule has 3 N–H and O–H groups in total. The number of carbonyl (C=O) groups is 1. The van der Waals surface area contributed by atoms with E-state index in [0.29, 0.717) is 6.61 Å². The van der Waals surface area contributed by atoms with Crippen molar-refractivity contribution in [1.82, 2.24) is 5.32 Å². The molecular formula is C13H19FN2O2. The number of carbonyl (C=O) groups excluding carboxylic acids is 1. The third-order valence-corrected chi connectivity index (χ3v) is 2.72. The third-order valence-electron chi connectivity index (χ3n) is 2.72. The van der Waals surface area contributed by atoms with E-state index in [9.17, 15) is 9.18 Å². The van der Waals surface area contributed by atoms with Gasteiger partial charge in [0.25, 0.3) is 0 Å². The molecule has 1 rings (SSSR count). The Kier molecular flexibility index (Phi) is 5.74. The van der Waals surface area contributed by atoms with Crippen LogP contribution in [0, 0.1) is 11.7 Å². The molecule has 5 heteroatoms. The highest BCUT2D eigenvalue weighted by Gasteiger charge is 2.18. The number of benzene rings is 1. The number of ether oxygens (including phenoxy) is 1. The third kappa shape index (κ3) is 4.09. The van der Waals surface area contributed by atoms with Gasteiger partial charge in [-0.2, -0.15) is 0 Å². The molecule has 0 heterocycles.